The Morgan fingerprint density at radius 1 is 1.32 bits per heavy atom. The fourth-order valence-corrected chi connectivity index (χ4v) is 2.89. The zero-order chi connectivity index (χ0) is 15.9. The highest BCUT2D eigenvalue weighted by molar-refractivity contribution is 7.99. The van der Waals surface area contributed by atoms with Crippen LogP contribution in [0.15, 0.2) is 34.2 Å². The number of rotatable bonds is 7. The van der Waals surface area contributed by atoms with Gasteiger partial charge in [-0.1, -0.05) is 37.2 Å². The molecule has 2 rings (SSSR count). The molecule has 1 aromatic carbocycles. The summed E-state index contributed by atoms with van der Waals surface area (Å²) in [5.74, 6) is -0.113. The van der Waals surface area contributed by atoms with Crippen LogP contribution in [0.5, 0.6) is 0 Å². The van der Waals surface area contributed by atoms with E-state index in [4.69, 9.17) is 4.74 Å². The van der Waals surface area contributed by atoms with Gasteiger partial charge in [-0.2, -0.15) is 0 Å². The second-order valence-corrected chi connectivity index (χ2v) is 5.77. The molecule has 0 saturated carbocycles. The van der Waals surface area contributed by atoms with E-state index in [1.807, 2.05) is 26.0 Å². The van der Waals surface area contributed by atoms with E-state index in [1.165, 1.54) is 11.8 Å². The Morgan fingerprint density at radius 3 is 2.82 bits per heavy atom. The van der Waals surface area contributed by atoms with E-state index in [9.17, 15) is 9.59 Å². The van der Waals surface area contributed by atoms with Gasteiger partial charge >= 0.3 is 5.97 Å². The minimum atomic E-state index is -0.275. The molecule has 0 bridgehead atoms. The van der Waals surface area contributed by atoms with Crippen molar-refractivity contribution in [3.05, 3.63) is 34.6 Å². The molecule has 1 heterocycles. The molecular weight excluding hydrogens is 300 g/mol. The van der Waals surface area contributed by atoms with Crippen LogP contribution in [0.25, 0.3) is 10.9 Å². The van der Waals surface area contributed by atoms with Crippen molar-refractivity contribution in [2.75, 3.05) is 12.4 Å². The Bertz CT molecular complexity index is 712. The van der Waals surface area contributed by atoms with E-state index in [0.29, 0.717) is 29.2 Å². The summed E-state index contributed by atoms with van der Waals surface area (Å²) in [6.45, 7) is 4.90. The lowest BCUT2D eigenvalue weighted by atomic mass is 10.2. The molecule has 0 amide bonds. The molecule has 5 nitrogen and oxygen atoms in total. The smallest absolute Gasteiger partial charge is 0.316 e. The summed E-state index contributed by atoms with van der Waals surface area (Å²) in [7, 11) is 0. The van der Waals surface area contributed by atoms with E-state index >= 15 is 0 Å². The average Bonchev–Trinajstić information content (AvgIpc) is 2.53. The van der Waals surface area contributed by atoms with Gasteiger partial charge in [0.05, 0.1) is 23.3 Å². The Kier molecular flexibility index (Phi) is 6.00. The maximum absolute atomic E-state index is 12.4. The van der Waals surface area contributed by atoms with Crippen molar-refractivity contribution < 1.29 is 9.53 Å². The Balaban J connectivity index is 2.17. The fourth-order valence-electron chi connectivity index (χ4n) is 2.03. The number of unbranched alkanes of at least 4 members (excludes halogenated alkanes) is 1. The zero-order valence-corrected chi connectivity index (χ0v) is 13.7. The molecule has 0 spiro atoms. The largest absolute Gasteiger partial charge is 0.465 e. The normalized spacial score (nSPS) is 10.8. The van der Waals surface area contributed by atoms with Crippen molar-refractivity contribution in [1.29, 1.82) is 0 Å². The number of aromatic nitrogens is 2. The van der Waals surface area contributed by atoms with Crippen LogP contribution in [0.2, 0.25) is 0 Å². The molecule has 0 unspecified atom stereocenters. The molecule has 0 atom stereocenters. The quantitative estimate of drug-likeness (QED) is 0.340. The summed E-state index contributed by atoms with van der Waals surface area (Å²) < 4.78 is 6.71. The number of thioether (sulfide) groups is 1. The SMILES string of the molecule is CCCCOC(=O)CSc1nc2ccccc2c(=O)n1CC. The number of fused-ring (bicyclic) bond motifs is 1. The van der Waals surface area contributed by atoms with Gasteiger partial charge in [0.1, 0.15) is 0 Å². The van der Waals surface area contributed by atoms with E-state index in [2.05, 4.69) is 4.98 Å². The number of ether oxygens (including phenoxy) is 1. The highest BCUT2D eigenvalue weighted by Crippen LogP contribution is 2.17. The maximum atomic E-state index is 12.4. The van der Waals surface area contributed by atoms with Crippen molar-refractivity contribution in [2.45, 2.75) is 38.4 Å². The predicted molar refractivity (Wildman–Crippen MR) is 88.3 cm³/mol. The van der Waals surface area contributed by atoms with Gasteiger partial charge in [-0.25, -0.2) is 4.98 Å². The Labute approximate surface area is 133 Å². The molecule has 0 aliphatic carbocycles. The first-order chi connectivity index (χ1) is 10.7. The summed E-state index contributed by atoms with van der Waals surface area (Å²) in [5, 5.41) is 1.15. The van der Waals surface area contributed by atoms with Gasteiger partial charge in [-0.05, 0) is 25.5 Å². The summed E-state index contributed by atoms with van der Waals surface area (Å²) in [4.78, 5) is 28.6. The van der Waals surface area contributed by atoms with E-state index in [-0.39, 0.29) is 17.3 Å². The van der Waals surface area contributed by atoms with Gasteiger partial charge in [0, 0.05) is 6.54 Å². The molecule has 6 heteroatoms. The van der Waals surface area contributed by atoms with Crippen molar-refractivity contribution in [2.24, 2.45) is 0 Å². The fraction of sp³-hybridized carbons (Fsp3) is 0.438. The Morgan fingerprint density at radius 2 is 2.09 bits per heavy atom. The van der Waals surface area contributed by atoms with Crippen LogP contribution in [0.3, 0.4) is 0 Å². The second kappa shape index (κ2) is 7.98. The van der Waals surface area contributed by atoms with Crippen LogP contribution < -0.4 is 5.56 Å². The summed E-state index contributed by atoms with van der Waals surface area (Å²) in [5.41, 5.74) is 0.578. The molecule has 0 saturated heterocycles. The van der Waals surface area contributed by atoms with Crippen LogP contribution in [-0.4, -0.2) is 27.9 Å². The molecule has 0 aliphatic heterocycles. The first-order valence-electron chi connectivity index (χ1n) is 7.45. The topological polar surface area (TPSA) is 61.2 Å². The summed E-state index contributed by atoms with van der Waals surface area (Å²) in [6, 6.07) is 7.24. The third-order valence-electron chi connectivity index (χ3n) is 3.22. The highest BCUT2D eigenvalue weighted by atomic mass is 32.2. The van der Waals surface area contributed by atoms with Gasteiger partial charge in [0.15, 0.2) is 5.16 Å². The minimum Gasteiger partial charge on any atom is -0.465 e. The molecule has 0 aliphatic rings. The first kappa shape index (κ1) is 16.5. The minimum absolute atomic E-state index is 0.0741. The number of esters is 1. The third-order valence-corrected chi connectivity index (χ3v) is 4.17. The van der Waals surface area contributed by atoms with E-state index in [1.54, 1.807) is 16.7 Å². The van der Waals surface area contributed by atoms with Crippen molar-refractivity contribution in [3.8, 4) is 0 Å². The number of hydrogen-bond donors (Lipinski definition) is 0. The molecule has 2 aromatic rings. The zero-order valence-electron chi connectivity index (χ0n) is 12.9. The number of hydrogen-bond acceptors (Lipinski definition) is 5. The van der Waals surface area contributed by atoms with Crippen LogP contribution in [0, 0.1) is 0 Å². The van der Waals surface area contributed by atoms with Gasteiger partial charge in [-0.3, -0.25) is 14.2 Å². The Hall–Kier alpha value is -1.82. The maximum Gasteiger partial charge on any atom is 0.316 e. The van der Waals surface area contributed by atoms with Gasteiger partial charge in [0.2, 0.25) is 0 Å². The van der Waals surface area contributed by atoms with E-state index < -0.39 is 0 Å². The molecule has 118 valence electrons. The molecule has 0 radical (unpaired) electrons. The van der Waals surface area contributed by atoms with Crippen molar-refractivity contribution in [1.82, 2.24) is 9.55 Å². The number of benzene rings is 1. The summed E-state index contributed by atoms with van der Waals surface area (Å²) >= 11 is 1.24. The number of nitrogens with zero attached hydrogens (tertiary/aromatic N) is 2. The molecule has 0 N–H and O–H groups in total. The van der Waals surface area contributed by atoms with Crippen LogP contribution in [0.4, 0.5) is 0 Å². The predicted octanol–water partition coefficient (Wildman–Crippen LogP) is 2.85. The summed E-state index contributed by atoms with van der Waals surface area (Å²) in [6.07, 6.45) is 1.85. The number of para-hydroxylation sites is 1. The van der Waals surface area contributed by atoms with Gasteiger partial charge < -0.3 is 4.74 Å². The van der Waals surface area contributed by atoms with Crippen LogP contribution in [-0.2, 0) is 16.1 Å². The van der Waals surface area contributed by atoms with Gasteiger partial charge in [-0.15, -0.1) is 0 Å². The lowest BCUT2D eigenvalue weighted by Crippen LogP contribution is -2.23. The number of carbonyl (C=O) groups excluding carboxylic acids is 1. The van der Waals surface area contributed by atoms with Gasteiger partial charge in [0.25, 0.3) is 5.56 Å². The molecule has 0 fully saturated rings. The standard InChI is InChI=1S/C16H20N2O3S/c1-3-5-10-21-14(19)11-22-16-17-13-9-7-6-8-12(13)15(20)18(16)4-2/h6-9H,3-5,10-11H2,1-2H3. The third kappa shape index (κ3) is 3.88. The lowest BCUT2D eigenvalue weighted by Gasteiger charge is -2.10. The second-order valence-electron chi connectivity index (χ2n) is 4.82. The first-order valence-corrected chi connectivity index (χ1v) is 8.44. The number of carbonyl (C=O) groups is 1. The monoisotopic (exact) mass is 320 g/mol. The van der Waals surface area contributed by atoms with Crippen molar-refractivity contribution in [3.63, 3.8) is 0 Å². The average molecular weight is 320 g/mol. The molecule has 22 heavy (non-hydrogen) atoms. The molecular formula is C16H20N2O3S. The van der Waals surface area contributed by atoms with Crippen molar-refractivity contribution >= 4 is 28.6 Å². The molecule has 1 aromatic heterocycles. The van der Waals surface area contributed by atoms with Crippen LogP contribution in [0.1, 0.15) is 26.7 Å². The lowest BCUT2D eigenvalue weighted by molar-refractivity contribution is -0.140. The van der Waals surface area contributed by atoms with E-state index in [0.717, 1.165) is 12.8 Å². The highest BCUT2D eigenvalue weighted by Gasteiger charge is 2.12. The van der Waals surface area contributed by atoms with Crippen LogP contribution >= 0.6 is 11.8 Å².